The molecular formula is C16H14FN3S2. The molecule has 3 aromatic rings. The summed E-state index contributed by atoms with van der Waals surface area (Å²) in [5, 5.41) is 6.85. The van der Waals surface area contributed by atoms with Crippen molar-refractivity contribution < 1.29 is 4.39 Å². The lowest BCUT2D eigenvalue weighted by atomic mass is 10.1. The number of rotatable bonds is 2. The Balaban J connectivity index is 1.78. The normalized spacial score (nSPS) is 10.7. The highest BCUT2D eigenvalue weighted by molar-refractivity contribution is 7.80. The lowest BCUT2D eigenvalue weighted by Crippen LogP contribution is -2.19. The van der Waals surface area contributed by atoms with Gasteiger partial charge in [-0.1, -0.05) is 23.5 Å². The molecule has 0 aliphatic heterocycles. The monoisotopic (exact) mass is 331 g/mol. The van der Waals surface area contributed by atoms with Crippen molar-refractivity contribution in [2.45, 2.75) is 13.8 Å². The molecule has 0 radical (unpaired) electrons. The van der Waals surface area contributed by atoms with Gasteiger partial charge in [-0.3, -0.25) is 0 Å². The molecule has 3 nitrogen and oxygen atoms in total. The zero-order valence-corrected chi connectivity index (χ0v) is 13.7. The third-order valence-electron chi connectivity index (χ3n) is 3.35. The number of para-hydroxylation sites is 1. The van der Waals surface area contributed by atoms with Gasteiger partial charge in [0.15, 0.2) is 10.2 Å². The van der Waals surface area contributed by atoms with Crippen LogP contribution in [0.15, 0.2) is 36.4 Å². The fourth-order valence-corrected chi connectivity index (χ4v) is 3.27. The second-order valence-electron chi connectivity index (χ2n) is 4.98. The van der Waals surface area contributed by atoms with Crippen molar-refractivity contribution in [3.05, 3.63) is 53.3 Å². The summed E-state index contributed by atoms with van der Waals surface area (Å²) in [6, 6.07) is 10.6. The third-order valence-corrected chi connectivity index (χ3v) is 4.48. The van der Waals surface area contributed by atoms with Gasteiger partial charge >= 0.3 is 0 Å². The molecule has 1 heterocycles. The van der Waals surface area contributed by atoms with E-state index in [1.54, 1.807) is 18.2 Å². The molecule has 3 rings (SSSR count). The van der Waals surface area contributed by atoms with E-state index in [-0.39, 0.29) is 5.82 Å². The molecule has 0 saturated carbocycles. The summed E-state index contributed by atoms with van der Waals surface area (Å²) in [5.74, 6) is -0.345. The van der Waals surface area contributed by atoms with Gasteiger partial charge in [0, 0.05) is 0 Å². The Bertz CT molecular complexity index is 819. The summed E-state index contributed by atoms with van der Waals surface area (Å²) < 4.78 is 14.7. The van der Waals surface area contributed by atoms with Gasteiger partial charge in [-0.05, 0) is 61.5 Å². The van der Waals surface area contributed by atoms with Crippen LogP contribution >= 0.6 is 23.6 Å². The molecule has 0 aliphatic carbocycles. The summed E-state index contributed by atoms with van der Waals surface area (Å²) in [6.45, 7) is 4.14. The molecule has 2 aromatic carbocycles. The van der Waals surface area contributed by atoms with Gasteiger partial charge in [0.1, 0.15) is 5.82 Å². The fourth-order valence-electron chi connectivity index (χ4n) is 2.05. The molecule has 0 aliphatic rings. The van der Waals surface area contributed by atoms with Crippen molar-refractivity contribution in [2.24, 2.45) is 0 Å². The van der Waals surface area contributed by atoms with E-state index in [1.807, 2.05) is 0 Å². The Labute approximate surface area is 137 Å². The number of aromatic nitrogens is 1. The lowest BCUT2D eigenvalue weighted by molar-refractivity contribution is 0.632. The number of thiocarbonyl (C=S) groups is 1. The first kappa shape index (κ1) is 14.9. The number of thiazole rings is 1. The highest BCUT2D eigenvalue weighted by Gasteiger charge is 2.08. The second kappa shape index (κ2) is 5.98. The van der Waals surface area contributed by atoms with E-state index < -0.39 is 0 Å². The predicted molar refractivity (Wildman–Crippen MR) is 95.3 cm³/mol. The van der Waals surface area contributed by atoms with Crippen LogP contribution in [-0.2, 0) is 0 Å². The minimum atomic E-state index is -0.345. The van der Waals surface area contributed by atoms with Crippen molar-refractivity contribution in [1.82, 2.24) is 4.98 Å². The molecule has 0 amide bonds. The number of hydrogen-bond acceptors (Lipinski definition) is 3. The topological polar surface area (TPSA) is 37.0 Å². The molecule has 0 bridgehead atoms. The maximum absolute atomic E-state index is 13.6. The van der Waals surface area contributed by atoms with Crippen LogP contribution in [0.25, 0.3) is 10.2 Å². The number of benzene rings is 2. The average Bonchev–Trinajstić information content (AvgIpc) is 2.83. The lowest BCUT2D eigenvalue weighted by Gasteiger charge is -2.08. The minimum Gasteiger partial charge on any atom is -0.330 e. The second-order valence-corrected chi connectivity index (χ2v) is 6.42. The van der Waals surface area contributed by atoms with Crippen molar-refractivity contribution in [3.63, 3.8) is 0 Å². The number of hydrogen-bond donors (Lipinski definition) is 2. The van der Waals surface area contributed by atoms with Gasteiger partial charge in [0.05, 0.1) is 15.9 Å². The maximum Gasteiger partial charge on any atom is 0.190 e. The number of halogens is 1. The molecule has 22 heavy (non-hydrogen) atoms. The van der Waals surface area contributed by atoms with Gasteiger partial charge in [-0.2, -0.15) is 0 Å². The first-order valence-electron chi connectivity index (χ1n) is 6.73. The Morgan fingerprint density at radius 3 is 2.64 bits per heavy atom. The van der Waals surface area contributed by atoms with Crippen LogP contribution in [0.1, 0.15) is 11.1 Å². The zero-order valence-electron chi connectivity index (χ0n) is 12.1. The van der Waals surface area contributed by atoms with Crippen LogP contribution in [0.2, 0.25) is 0 Å². The number of anilines is 2. The summed E-state index contributed by atoms with van der Waals surface area (Å²) in [4.78, 5) is 4.50. The molecular weight excluding hydrogens is 317 g/mol. The first-order chi connectivity index (χ1) is 10.5. The van der Waals surface area contributed by atoms with Crippen molar-refractivity contribution in [1.29, 1.82) is 0 Å². The minimum absolute atomic E-state index is 0.317. The quantitative estimate of drug-likeness (QED) is 0.658. The SMILES string of the molecule is Cc1cc2nc(NC(=S)Nc3ccccc3F)sc2cc1C. The van der Waals surface area contributed by atoms with Crippen molar-refractivity contribution >= 4 is 49.7 Å². The number of fused-ring (bicyclic) bond motifs is 1. The maximum atomic E-state index is 13.6. The van der Waals surface area contributed by atoms with Crippen LogP contribution in [0.4, 0.5) is 15.2 Å². The smallest absolute Gasteiger partial charge is 0.190 e. The van der Waals surface area contributed by atoms with Crippen molar-refractivity contribution in [3.8, 4) is 0 Å². The number of aryl methyl sites for hydroxylation is 2. The standard InChI is InChI=1S/C16H14FN3S2/c1-9-7-13-14(8-10(9)2)22-16(19-13)20-15(21)18-12-6-4-3-5-11(12)17/h3-8H,1-2H3,(H2,18,19,20,21). The molecule has 0 spiro atoms. The summed E-state index contributed by atoms with van der Waals surface area (Å²) in [5.41, 5.74) is 3.71. The molecule has 0 fully saturated rings. The molecule has 1 aromatic heterocycles. The van der Waals surface area contributed by atoms with Crippen molar-refractivity contribution in [2.75, 3.05) is 10.6 Å². The van der Waals surface area contributed by atoms with E-state index in [4.69, 9.17) is 12.2 Å². The Morgan fingerprint density at radius 2 is 1.86 bits per heavy atom. The average molecular weight is 331 g/mol. The van der Waals surface area contributed by atoms with Gasteiger partial charge in [0.25, 0.3) is 0 Å². The number of nitrogens with zero attached hydrogens (tertiary/aromatic N) is 1. The van der Waals surface area contributed by atoms with E-state index in [0.717, 1.165) is 10.2 Å². The molecule has 2 N–H and O–H groups in total. The predicted octanol–water partition coefficient (Wildman–Crippen LogP) is 4.86. The van der Waals surface area contributed by atoms with E-state index in [2.05, 4.69) is 41.6 Å². The molecule has 0 atom stereocenters. The van der Waals surface area contributed by atoms with Gasteiger partial charge < -0.3 is 10.6 Å². The van der Waals surface area contributed by atoms with Crippen LogP contribution < -0.4 is 10.6 Å². The molecule has 0 saturated heterocycles. The Morgan fingerprint density at radius 1 is 1.14 bits per heavy atom. The van der Waals surface area contributed by atoms with Crippen LogP contribution in [-0.4, -0.2) is 10.1 Å². The van der Waals surface area contributed by atoms with E-state index in [9.17, 15) is 4.39 Å². The highest BCUT2D eigenvalue weighted by Crippen LogP contribution is 2.28. The van der Waals surface area contributed by atoms with Gasteiger partial charge in [-0.25, -0.2) is 9.37 Å². The Kier molecular flexibility index (Phi) is 4.04. The van der Waals surface area contributed by atoms with E-state index in [0.29, 0.717) is 15.9 Å². The third kappa shape index (κ3) is 3.08. The number of nitrogens with one attached hydrogen (secondary N) is 2. The molecule has 112 valence electrons. The van der Waals surface area contributed by atoms with Gasteiger partial charge in [0.2, 0.25) is 0 Å². The molecule has 0 unspecified atom stereocenters. The summed E-state index contributed by atoms with van der Waals surface area (Å²) in [6.07, 6.45) is 0. The van der Waals surface area contributed by atoms with Crippen LogP contribution in [0.5, 0.6) is 0 Å². The summed E-state index contributed by atoms with van der Waals surface area (Å²) in [7, 11) is 0. The largest absolute Gasteiger partial charge is 0.330 e. The summed E-state index contributed by atoms with van der Waals surface area (Å²) >= 11 is 6.73. The molecule has 6 heteroatoms. The van der Waals surface area contributed by atoms with Gasteiger partial charge in [-0.15, -0.1) is 0 Å². The van der Waals surface area contributed by atoms with Crippen LogP contribution in [0, 0.1) is 19.7 Å². The Hall–Kier alpha value is -2.05. The van der Waals surface area contributed by atoms with E-state index >= 15 is 0 Å². The zero-order chi connectivity index (χ0) is 15.7. The highest BCUT2D eigenvalue weighted by atomic mass is 32.1. The fraction of sp³-hybridized carbons (Fsp3) is 0.125. The first-order valence-corrected chi connectivity index (χ1v) is 7.96. The van der Waals surface area contributed by atoms with Crippen LogP contribution in [0.3, 0.4) is 0 Å². The van der Waals surface area contributed by atoms with E-state index in [1.165, 1.54) is 28.5 Å².